The van der Waals surface area contributed by atoms with E-state index in [-0.39, 0.29) is 18.0 Å². The summed E-state index contributed by atoms with van der Waals surface area (Å²) in [5.74, 6) is -1.89. The summed E-state index contributed by atoms with van der Waals surface area (Å²) in [6, 6.07) is 3.16. The van der Waals surface area contributed by atoms with Gasteiger partial charge in [0.2, 0.25) is 5.91 Å². The third-order valence-electron chi connectivity index (χ3n) is 3.61. The summed E-state index contributed by atoms with van der Waals surface area (Å²) in [4.78, 5) is 13.9. The second-order valence-corrected chi connectivity index (χ2v) is 5.22. The number of amides is 1. The minimum Gasteiger partial charge on any atom is -0.380 e. The Hall–Kier alpha value is -1.53. The lowest BCUT2D eigenvalue weighted by molar-refractivity contribution is -0.133. The average Bonchev–Trinajstić information content (AvgIpc) is 2.75. The molecule has 0 saturated carbocycles. The number of carbonyl (C=O) groups is 1. The summed E-state index contributed by atoms with van der Waals surface area (Å²) in [6.45, 7) is 6.47. The van der Waals surface area contributed by atoms with Crippen molar-refractivity contribution in [2.24, 2.45) is 0 Å². The van der Waals surface area contributed by atoms with Crippen LogP contribution in [0.4, 0.5) is 8.78 Å². The van der Waals surface area contributed by atoms with E-state index in [2.05, 4.69) is 5.32 Å². The largest absolute Gasteiger partial charge is 0.380 e. The van der Waals surface area contributed by atoms with Crippen LogP contribution in [0, 0.1) is 11.6 Å². The van der Waals surface area contributed by atoms with Crippen LogP contribution in [0.2, 0.25) is 0 Å². The molecule has 0 spiro atoms. The van der Waals surface area contributed by atoms with Gasteiger partial charge >= 0.3 is 0 Å². The molecule has 1 N–H and O–H groups in total. The van der Waals surface area contributed by atoms with E-state index in [1.165, 1.54) is 6.07 Å². The smallest absolute Gasteiger partial charge is 0.241 e. The molecule has 116 valence electrons. The van der Waals surface area contributed by atoms with Crippen LogP contribution in [0.1, 0.15) is 32.5 Å². The van der Waals surface area contributed by atoms with E-state index in [0.717, 1.165) is 12.1 Å². The van der Waals surface area contributed by atoms with Gasteiger partial charge in [0, 0.05) is 6.61 Å². The number of halogens is 2. The summed E-state index contributed by atoms with van der Waals surface area (Å²) in [5, 5.41) is 3.11. The molecule has 0 radical (unpaired) electrons. The first-order valence-corrected chi connectivity index (χ1v) is 7.06. The second-order valence-electron chi connectivity index (χ2n) is 5.22. The number of benzene rings is 1. The molecule has 21 heavy (non-hydrogen) atoms. The first kappa shape index (κ1) is 15.9. The van der Waals surface area contributed by atoms with Crippen LogP contribution in [0.3, 0.4) is 0 Å². The van der Waals surface area contributed by atoms with Crippen LogP contribution in [-0.4, -0.2) is 36.1 Å². The normalized spacial score (nSPS) is 23.7. The Balaban J connectivity index is 2.26. The molecule has 6 heteroatoms. The van der Waals surface area contributed by atoms with Crippen molar-refractivity contribution in [1.82, 2.24) is 10.2 Å². The molecular weight excluding hydrogens is 278 g/mol. The van der Waals surface area contributed by atoms with Gasteiger partial charge in [-0.15, -0.1) is 0 Å². The minimum atomic E-state index is -0.918. The molecule has 2 rings (SSSR count). The van der Waals surface area contributed by atoms with Gasteiger partial charge in [-0.3, -0.25) is 10.1 Å². The van der Waals surface area contributed by atoms with E-state index >= 15 is 0 Å². The van der Waals surface area contributed by atoms with Crippen molar-refractivity contribution >= 4 is 5.91 Å². The Kier molecular flexibility index (Phi) is 4.90. The van der Waals surface area contributed by atoms with Crippen LogP contribution in [0.15, 0.2) is 18.2 Å². The lowest BCUT2D eigenvalue weighted by Gasteiger charge is -2.30. The van der Waals surface area contributed by atoms with Gasteiger partial charge in [0.25, 0.3) is 0 Å². The maximum Gasteiger partial charge on any atom is 0.241 e. The van der Waals surface area contributed by atoms with Gasteiger partial charge in [0.1, 0.15) is 6.17 Å². The Morgan fingerprint density at radius 2 is 2.10 bits per heavy atom. The summed E-state index contributed by atoms with van der Waals surface area (Å²) in [7, 11) is 0. The van der Waals surface area contributed by atoms with Gasteiger partial charge in [0.05, 0.1) is 18.7 Å². The molecule has 0 bridgehead atoms. The summed E-state index contributed by atoms with van der Waals surface area (Å²) >= 11 is 0. The fourth-order valence-corrected chi connectivity index (χ4v) is 2.52. The first-order chi connectivity index (χ1) is 9.95. The van der Waals surface area contributed by atoms with Crippen molar-refractivity contribution in [2.45, 2.75) is 39.0 Å². The molecule has 1 heterocycles. The minimum absolute atomic E-state index is 0.0723. The lowest BCUT2D eigenvalue weighted by atomic mass is 10.1. The molecule has 3 atom stereocenters. The maximum absolute atomic E-state index is 13.4. The van der Waals surface area contributed by atoms with Crippen LogP contribution in [0.5, 0.6) is 0 Å². The number of rotatable bonds is 5. The number of carbonyl (C=O) groups excluding carboxylic acids is 1. The SMILES string of the molecule is CCOCC(C)N1C(=O)C(C)NC1c1ccc(F)c(F)c1. The van der Waals surface area contributed by atoms with Crippen molar-refractivity contribution < 1.29 is 18.3 Å². The second kappa shape index (κ2) is 6.49. The molecule has 3 unspecified atom stereocenters. The molecule has 1 aromatic carbocycles. The highest BCUT2D eigenvalue weighted by atomic mass is 19.2. The summed E-state index contributed by atoms with van der Waals surface area (Å²) in [6.07, 6.45) is -0.474. The predicted octanol–water partition coefficient (Wildman–Crippen LogP) is 2.21. The van der Waals surface area contributed by atoms with Gasteiger partial charge in [-0.2, -0.15) is 0 Å². The van der Waals surface area contributed by atoms with Gasteiger partial charge in [0.15, 0.2) is 11.6 Å². The number of hydrogen-bond donors (Lipinski definition) is 1. The van der Waals surface area contributed by atoms with Gasteiger partial charge in [-0.25, -0.2) is 8.78 Å². The number of ether oxygens (including phenoxy) is 1. The van der Waals surface area contributed by atoms with Crippen molar-refractivity contribution in [3.05, 3.63) is 35.4 Å². The van der Waals surface area contributed by atoms with E-state index < -0.39 is 17.8 Å². The molecule has 1 amide bonds. The molecule has 1 aliphatic rings. The van der Waals surface area contributed by atoms with Crippen molar-refractivity contribution in [3.63, 3.8) is 0 Å². The van der Waals surface area contributed by atoms with E-state index in [4.69, 9.17) is 4.74 Å². The number of nitrogens with zero attached hydrogens (tertiary/aromatic N) is 1. The molecule has 1 saturated heterocycles. The average molecular weight is 298 g/mol. The van der Waals surface area contributed by atoms with Crippen LogP contribution in [-0.2, 0) is 9.53 Å². The van der Waals surface area contributed by atoms with Crippen LogP contribution in [0.25, 0.3) is 0 Å². The Morgan fingerprint density at radius 3 is 2.71 bits per heavy atom. The summed E-state index contributed by atoms with van der Waals surface area (Å²) < 4.78 is 31.9. The highest BCUT2D eigenvalue weighted by Gasteiger charge is 2.40. The highest BCUT2D eigenvalue weighted by molar-refractivity contribution is 5.84. The zero-order valence-electron chi connectivity index (χ0n) is 12.4. The summed E-state index contributed by atoms with van der Waals surface area (Å²) in [5.41, 5.74) is 0.523. The molecule has 1 aromatic rings. The zero-order valence-corrected chi connectivity index (χ0v) is 12.4. The highest BCUT2D eigenvalue weighted by Crippen LogP contribution is 2.28. The molecular formula is C15H20F2N2O2. The van der Waals surface area contributed by atoms with Crippen LogP contribution < -0.4 is 5.32 Å². The van der Waals surface area contributed by atoms with Gasteiger partial charge < -0.3 is 9.64 Å². The van der Waals surface area contributed by atoms with Crippen molar-refractivity contribution in [3.8, 4) is 0 Å². The maximum atomic E-state index is 13.4. The third-order valence-corrected chi connectivity index (χ3v) is 3.61. The Labute approximate surface area is 123 Å². The fourth-order valence-electron chi connectivity index (χ4n) is 2.52. The molecule has 1 aliphatic heterocycles. The van der Waals surface area contributed by atoms with E-state index in [9.17, 15) is 13.6 Å². The van der Waals surface area contributed by atoms with Crippen LogP contribution >= 0.6 is 0 Å². The molecule has 1 fully saturated rings. The quantitative estimate of drug-likeness (QED) is 0.906. The monoisotopic (exact) mass is 298 g/mol. The lowest BCUT2D eigenvalue weighted by Crippen LogP contribution is -2.41. The first-order valence-electron chi connectivity index (χ1n) is 7.06. The molecule has 0 aromatic heterocycles. The zero-order chi connectivity index (χ0) is 15.6. The van der Waals surface area contributed by atoms with Crippen molar-refractivity contribution in [2.75, 3.05) is 13.2 Å². The van der Waals surface area contributed by atoms with Gasteiger partial charge in [-0.1, -0.05) is 6.07 Å². The number of hydrogen-bond acceptors (Lipinski definition) is 3. The molecule has 4 nitrogen and oxygen atoms in total. The van der Waals surface area contributed by atoms with E-state index in [1.807, 2.05) is 13.8 Å². The van der Waals surface area contributed by atoms with Gasteiger partial charge in [-0.05, 0) is 38.5 Å². The third kappa shape index (κ3) is 3.22. The van der Waals surface area contributed by atoms with Crippen molar-refractivity contribution in [1.29, 1.82) is 0 Å². The predicted molar refractivity (Wildman–Crippen MR) is 74.5 cm³/mol. The number of nitrogens with one attached hydrogen (secondary N) is 1. The van der Waals surface area contributed by atoms with E-state index in [0.29, 0.717) is 18.8 Å². The van der Waals surface area contributed by atoms with E-state index in [1.54, 1.807) is 11.8 Å². The standard InChI is InChI=1S/C15H20F2N2O2/c1-4-21-8-9(2)19-14(18-10(3)15(19)20)11-5-6-12(16)13(17)7-11/h5-7,9-10,14,18H,4,8H2,1-3H3. The Bertz CT molecular complexity index is 524. The Morgan fingerprint density at radius 1 is 1.38 bits per heavy atom. The molecule has 0 aliphatic carbocycles. The topological polar surface area (TPSA) is 41.6 Å². The fraction of sp³-hybridized carbons (Fsp3) is 0.533.